The predicted octanol–water partition coefficient (Wildman–Crippen LogP) is 6.04. The largest absolute Gasteiger partial charge is 0.543 e. The minimum absolute atomic E-state index is 0.0561. The Morgan fingerprint density at radius 2 is 1.53 bits per heavy atom. The Labute approximate surface area is 224 Å². The van der Waals surface area contributed by atoms with Gasteiger partial charge in [0.15, 0.2) is 11.5 Å². The molecule has 8 nitrogen and oxygen atoms in total. The summed E-state index contributed by atoms with van der Waals surface area (Å²) in [6.45, 7) is 11.1. The summed E-state index contributed by atoms with van der Waals surface area (Å²) in [7, 11) is 2.30. The molecule has 3 aromatic rings. The third kappa shape index (κ3) is 4.71. The van der Waals surface area contributed by atoms with Gasteiger partial charge in [-0.15, -0.1) is 0 Å². The van der Waals surface area contributed by atoms with Crippen molar-refractivity contribution in [3.63, 3.8) is 0 Å². The van der Waals surface area contributed by atoms with Crippen LogP contribution >= 0.6 is 0 Å². The molecule has 0 spiro atoms. The molecule has 1 aliphatic carbocycles. The van der Waals surface area contributed by atoms with Gasteiger partial charge in [-0.25, -0.2) is 0 Å². The summed E-state index contributed by atoms with van der Waals surface area (Å²) in [4.78, 5) is 27.1. The predicted molar refractivity (Wildman–Crippen MR) is 146 cm³/mol. The maximum Gasteiger partial charge on any atom is 0.250 e. The Morgan fingerprint density at radius 1 is 0.842 bits per heavy atom. The molecule has 0 atom stereocenters. The van der Waals surface area contributed by atoms with Crippen LogP contribution in [0.15, 0.2) is 34.9 Å². The topological polar surface area (TPSA) is 97.1 Å². The van der Waals surface area contributed by atoms with E-state index in [9.17, 15) is 9.59 Å². The molecule has 0 aliphatic heterocycles. The number of carbonyl (C=O) groups is 2. The van der Waals surface area contributed by atoms with Gasteiger partial charge in [-0.2, -0.15) is 0 Å². The van der Waals surface area contributed by atoms with Crippen molar-refractivity contribution in [2.24, 2.45) is 0 Å². The minimum atomic E-state index is -2.00. The molecule has 4 rings (SSSR count). The number of ketones is 2. The van der Waals surface area contributed by atoms with Crippen molar-refractivity contribution in [3.05, 3.63) is 64.0 Å². The fourth-order valence-electron chi connectivity index (χ4n) is 4.38. The van der Waals surface area contributed by atoms with Gasteiger partial charge in [-0.1, -0.05) is 44.1 Å². The van der Waals surface area contributed by atoms with E-state index < -0.39 is 14.1 Å². The molecule has 9 heteroatoms. The van der Waals surface area contributed by atoms with Gasteiger partial charge in [-0.3, -0.25) is 9.59 Å². The van der Waals surface area contributed by atoms with Gasteiger partial charge < -0.3 is 23.2 Å². The number of para-hydroxylation sites is 1. The van der Waals surface area contributed by atoms with E-state index >= 15 is 0 Å². The second kappa shape index (κ2) is 10.3. The summed E-state index contributed by atoms with van der Waals surface area (Å²) in [5, 5.41) is 4.21. The molecule has 0 saturated heterocycles. The average Bonchev–Trinajstić information content (AvgIpc) is 3.30. The number of hydrogen-bond acceptors (Lipinski definition) is 8. The van der Waals surface area contributed by atoms with Gasteiger partial charge in [0.1, 0.15) is 11.5 Å². The lowest BCUT2D eigenvalue weighted by Gasteiger charge is -2.37. The number of rotatable bonds is 9. The summed E-state index contributed by atoms with van der Waals surface area (Å²) < 4.78 is 28.2. The van der Waals surface area contributed by atoms with Crippen LogP contribution in [0.2, 0.25) is 18.1 Å². The zero-order valence-electron chi connectivity index (χ0n) is 23.3. The molecular weight excluding hydrogens is 502 g/mol. The van der Waals surface area contributed by atoms with E-state index in [4.69, 9.17) is 23.2 Å². The molecule has 0 saturated carbocycles. The highest BCUT2D eigenvalue weighted by molar-refractivity contribution is 6.74. The van der Waals surface area contributed by atoms with Crippen LogP contribution in [0.1, 0.15) is 70.5 Å². The van der Waals surface area contributed by atoms with Crippen molar-refractivity contribution in [1.82, 2.24) is 5.16 Å². The van der Waals surface area contributed by atoms with Crippen LogP contribution in [0.3, 0.4) is 0 Å². The summed E-state index contributed by atoms with van der Waals surface area (Å²) in [5.74, 6) is 0.598. The molecule has 1 aromatic heterocycles. The maximum absolute atomic E-state index is 13.7. The van der Waals surface area contributed by atoms with Crippen LogP contribution in [0, 0.1) is 0 Å². The lowest BCUT2D eigenvalue weighted by Crippen LogP contribution is -2.44. The summed E-state index contributed by atoms with van der Waals surface area (Å²) in [6, 6.07) is 9.61. The van der Waals surface area contributed by atoms with Crippen molar-refractivity contribution < 1.29 is 32.7 Å². The van der Waals surface area contributed by atoms with E-state index in [-0.39, 0.29) is 50.5 Å². The van der Waals surface area contributed by atoms with E-state index in [1.54, 1.807) is 6.07 Å². The highest BCUT2D eigenvalue weighted by atomic mass is 28.4. The smallest absolute Gasteiger partial charge is 0.250 e. The molecule has 202 valence electrons. The number of fused-ring (bicyclic) bond motifs is 2. The average molecular weight is 538 g/mol. The first-order valence-corrected chi connectivity index (χ1v) is 15.5. The highest BCUT2D eigenvalue weighted by Gasteiger charge is 2.42. The Morgan fingerprint density at radius 3 is 2.16 bits per heavy atom. The van der Waals surface area contributed by atoms with Crippen molar-refractivity contribution in [1.29, 1.82) is 0 Å². The lowest BCUT2D eigenvalue weighted by atomic mass is 9.85. The van der Waals surface area contributed by atoms with Gasteiger partial charge in [0.2, 0.25) is 25.6 Å². The SMILES string of the molecule is COc1cc(OC)c2c(c1OC)C(=O)c1onc(CCCc3ccccc3O[Si](C)(C)C(C)(C)C)c1C2=O. The van der Waals surface area contributed by atoms with Crippen molar-refractivity contribution >= 4 is 19.9 Å². The number of carbonyl (C=O) groups excluding carboxylic acids is 2. The molecule has 2 aromatic carbocycles. The Bertz CT molecular complexity index is 1380. The Hall–Kier alpha value is -3.59. The van der Waals surface area contributed by atoms with Gasteiger partial charge in [0.05, 0.1) is 43.7 Å². The van der Waals surface area contributed by atoms with Gasteiger partial charge in [-0.05, 0) is 49.0 Å². The maximum atomic E-state index is 13.7. The summed E-state index contributed by atoms with van der Waals surface area (Å²) >= 11 is 0. The van der Waals surface area contributed by atoms with Crippen LogP contribution in [0.25, 0.3) is 0 Å². The van der Waals surface area contributed by atoms with Gasteiger partial charge >= 0.3 is 0 Å². The number of methoxy groups -OCH3 is 3. The molecule has 0 bridgehead atoms. The molecule has 38 heavy (non-hydrogen) atoms. The second-order valence-corrected chi connectivity index (χ2v) is 15.6. The van der Waals surface area contributed by atoms with E-state index in [1.165, 1.54) is 21.3 Å². The Balaban J connectivity index is 1.60. The number of ether oxygens (including phenoxy) is 3. The summed E-state index contributed by atoms with van der Waals surface area (Å²) in [5.41, 5.74) is 1.91. The molecule has 0 amide bonds. The molecule has 0 unspecified atom stereocenters. The van der Waals surface area contributed by atoms with E-state index in [2.05, 4.69) is 45.1 Å². The number of hydrogen-bond donors (Lipinski definition) is 0. The van der Waals surface area contributed by atoms with Crippen LogP contribution < -0.4 is 18.6 Å². The van der Waals surface area contributed by atoms with E-state index in [0.29, 0.717) is 18.5 Å². The highest BCUT2D eigenvalue weighted by Crippen LogP contribution is 2.45. The van der Waals surface area contributed by atoms with Crippen LogP contribution in [0.5, 0.6) is 23.0 Å². The number of aromatic nitrogens is 1. The number of aryl methyl sites for hydroxylation is 2. The molecule has 1 aliphatic rings. The second-order valence-electron chi connectivity index (χ2n) is 10.9. The fraction of sp³-hybridized carbons (Fsp3) is 0.414. The zero-order chi connectivity index (χ0) is 27.8. The standard InChI is InChI=1S/C29H35NO7Si/c1-29(2,3)38(7,8)37-19-15-10-9-12-17(19)13-11-14-18-22-25(31)23-20(33-4)16-21(34-5)27(35-6)24(23)26(32)28(22)36-30-18/h9-10,12,15-16H,11,13-14H2,1-8H3. The van der Waals surface area contributed by atoms with Crippen molar-refractivity contribution in [3.8, 4) is 23.0 Å². The van der Waals surface area contributed by atoms with Crippen molar-refractivity contribution in [2.45, 2.75) is 58.2 Å². The number of benzene rings is 2. The van der Waals surface area contributed by atoms with E-state index in [1.807, 2.05) is 18.2 Å². The summed E-state index contributed by atoms with van der Waals surface area (Å²) in [6.07, 6.45) is 1.87. The molecule has 0 radical (unpaired) electrons. The number of nitrogens with zero attached hydrogens (tertiary/aromatic N) is 1. The third-order valence-corrected chi connectivity index (χ3v) is 11.8. The van der Waals surface area contributed by atoms with Crippen LogP contribution in [-0.2, 0) is 12.8 Å². The first kappa shape index (κ1) is 27.4. The first-order chi connectivity index (χ1) is 17.9. The molecule has 0 N–H and O–H groups in total. The van der Waals surface area contributed by atoms with Gasteiger partial charge in [0.25, 0.3) is 0 Å². The monoisotopic (exact) mass is 537 g/mol. The van der Waals surface area contributed by atoms with Crippen LogP contribution in [0.4, 0.5) is 0 Å². The van der Waals surface area contributed by atoms with Gasteiger partial charge in [0, 0.05) is 6.07 Å². The normalized spacial score (nSPS) is 13.2. The lowest BCUT2D eigenvalue weighted by molar-refractivity contribution is 0.0949. The third-order valence-electron chi connectivity index (χ3n) is 7.51. The fourth-order valence-corrected chi connectivity index (χ4v) is 5.43. The van der Waals surface area contributed by atoms with E-state index in [0.717, 1.165) is 17.7 Å². The minimum Gasteiger partial charge on any atom is -0.543 e. The molecule has 0 fully saturated rings. The quantitative estimate of drug-likeness (QED) is 0.239. The zero-order valence-corrected chi connectivity index (χ0v) is 24.3. The molecular formula is C29H35NO7Si. The Kier molecular flexibility index (Phi) is 7.43. The molecule has 1 heterocycles. The van der Waals surface area contributed by atoms with Crippen LogP contribution in [-0.4, -0.2) is 46.4 Å². The van der Waals surface area contributed by atoms with Crippen molar-refractivity contribution in [2.75, 3.05) is 21.3 Å². The first-order valence-electron chi connectivity index (χ1n) is 12.6.